The second-order valence-corrected chi connectivity index (χ2v) is 4.16. The minimum Gasteiger partial charge on any atom is -0.347 e. The summed E-state index contributed by atoms with van der Waals surface area (Å²) in [5.41, 5.74) is 6.76. The van der Waals surface area contributed by atoms with Crippen molar-refractivity contribution in [3.8, 4) is 0 Å². The van der Waals surface area contributed by atoms with Crippen LogP contribution >= 0.6 is 0 Å². The summed E-state index contributed by atoms with van der Waals surface area (Å²) in [5.74, 6) is 0.529. The van der Waals surface area contributed by atoms with Gasteiger partial charge in [-0.1, -0.05) is 13.0 Å². The highest BCUT2D eigenvalue weighted by molar-refractivity contribution is 5.92. The molecule has 0 saturated carbocycles. The molecule has 0 aliphatic heterocycles. The average Bonchev–Trinajstić information content (AvgIpc) is 2.98. The first-order chi connectivity index (χ1) is 9.24. The summed E-state index contributed by atoms with van der Waals surface area (Å²) in [4.78, 5) is 23.3. The molecule has 0 radical (unpaired) electrons. The number of hydrogen-bond donors (Lipinski definition) is 3. The largest absolute Gasteiger partial charge is 0.347 e. The van der Waals surface area contributed by atoms with Crippen LogP contribution in [0.15, 0.2) is 30.7 Å². The molecule has 0 spiro atoms. The summed E-state index contributed by atoms with van der Waals surface area (Å²) in [6.45, 7) is 2.40. The molecule has 0 bridgehead atoms. The summed E-state index contributed by atoms with van der Waals surface area (Å²) in [6, 6.07) is 3.33. The van der Waals surface area contributed by atoms with Gasteiger partial charge in [0.15, 0.2) is 0 Å². The van der Waals surface area contributed by atoms with Crippen LogP contribution in [0.5, 0.6) is 0 Å². The quantitative estimate of drug-likeness (QED) is 0.750. The molecule has 1 amide bonds. The van der Waals surface area contributed by atoms with Crippen molar-refractivity contribution in [3.05, 3.63) is 47.8 Å². The van der Waals surface area contributed by atoms with Crippen molar-refractivity contribution in [1.29, 1.82) is 0 Å². The summed E-state index contributed by atoms with van der Waals surface area (Å²) in [6.07, 6.45) is 5.76. The predicted octanol–water partition coefficient (Wildman–Crippen LogP) is 1.14. The van der Waals surface area contributed by atoms with E-state index >= 15 is 0 Å². The highest BCUT2D eigenvalue weighted by atomic mass is 16.1. The van der Waals surface area contributed by atoms with Gasteiger partial charge < -0.3 is 16.0 Å². The lowest BCUT2D eigenvalue weighted by molar-refractivity contribution is 0.0929. The van der Waals surface area contributed by atoms with Crippen molar-refractivity contribution in [1.82, 2.24) is 20.3 Å². The second-order valence-electron chi connectivity index (χ2n) is 4.16. The van der Waals surface area contributed by atoms with Crippen LogP contribution in [0, 0.1) is 0 Å². The van der Waals surface area contributed by atoms with E-state index in [1.807, 2.05) is 6.92 Å². The Bertz CT molecular complexity index is 520. The van der Waals surface area contributed by atoms with E-state index in [9.17, 15) is 4.79 Å². The van der Waals surface area contributed by atoms with Gasteiger partial charge in [0.1, 0.15) is 11.5 Å². The van der Waals surface area contributed by atoms with E-state index in [0.717, 1.165) is 17.8 Å². The molecule has 1 atom stereocenters. The van der Waals surface area contributed by atoms with E-state index in [4.69, 9.17) is 5.73 Å². The van der Waals surface area contributed by atoms with Crippen LogP contribution in [0.1, 0.15) is 41.3 Å². The van der Waals surface area contributed by atoms with Crippen molar-refractivity contribution in [2.45, 2.75) is 25.9 Å². The van der Waals surface area contributed by atoms with E-state index in [2.05, 4.69) is 20.3 Å². The molecule has 100 valence electrons. The zero-order valence-corrected chi connectivity index (χ0v) is 10.8. The fourth-order valence-electron chi connectivity index (χ4n) is 1.74. The molecule has 4 N–H and O–H groups in total. The number of imidazole rings is 1. The topological polar surface area (TPSA) is 96.7 Å². The SMILES string of the molecule is CCC(NC(=O)c1ccc(CN)cn1)c1ncc[nH]1. The number of amides is 1. The number of H-pyrrole nitrogens is 1. The molecule has 1 unspecified atom stereocenters. The molecule has 0 aliphatic rings. The summed E-state index contributed by atoms with van der Waals surface area (Å²) in [5, 5.41) is 2.90. The first-order valence-electron chi connectivity index (χ1n) is 6.19. The Hall–Kier alpha value is -2.21. The van der Waals surface area contributed by atoms with Gasteiger partial charge in [0.05, 0.1) is 6.04 Å². The number of nitrogens with one attached hydrogen (secondary N) is 2. The molecule has 0 aliphatic carbocycles. The average molecular weight is 259 g/mol. The van der Waals surface area contributed by atoms with Crippen molar-refractivity contribution in [2.24, 2.45) is 5.73 Å². The number of carbonyl (C=O) groups is 1. The van der Waals surface area contributed by atoms with E-state index in [1.165, 1.54) is 0 Å². The van der Waals surface area contributed by atoms with Crippen molar-refractivity contribution >= 4 is 5.91 Å². The van der Waals surface area contributed by atoms with E-state index in [-0.39, 0.29) is 11.9 Å². The molecule has 0 aromatic carbocycles. The minimum absolute atomic E-state index is 0.140. The smallest absolute Gasteiger partial charge is 0.270 e. The normalized spacial score (nSPS) is 12.1. The standard InChI is InChI=1S/C13H17N5O/c1-2-10(12-15-5-6-16-12)18-13(19)11-4-3-9(7-14)8-17-11/h3-6,8,10H,2,7,14H2,1H3,(H,15,16)(H,18,19). The van der Waals surface area contributed by atoms with Gasteiger partial charge in [0.25, 0.3) is 5.91 Å². The maximum absolute atomic E-state index is 12.1. The molecule has 2 aromatic heterocycles. The van der Waals surface area contributed by atoms with Gasteiger partial charge in [0, 0.05) is 25.1 Å². The molecular formula is C13H17N5O. The molecule has 6 heteroatoms. The number of hydrogen-bond acceptors (Lipinski definition) is 4. The van der Waals surface area contributed by atoms with Crippen LogP contribution in [-0.2, 0) is 6.54 Å². The first-order valence-corrected chi connectivity index (χ1v) is 6.19. The van der Waals surface area contributed by atoms with Crippen LogP contribution < -0.4 is 11.1 Å². The molecule has 0 fully saturated rings. The van der Waals surface area contributed by atoms with Gasteiger partial charge in [-0.15, -0.1) is 0 Å². The molecule has 0 saturated heterocycles. The number of nitrogens with zero attached hydrogens (tertiary/aromatic N) is 2. The maximum Gasteiger partial charge on any atom is 0.270 e. The van der Waals surface area contributed by atoms with Gasteiger partial charge >= 0.3 is 0 Å². The highest BCUT2D eigenvalue weighted by Gasteiger charge is 2.16. The van der Waals surface area contributed by atoms with E-state index < -0.39 is 0 Å². The van der Waals surface area contributed by atoms with Crippen molar-refractivity contribution in [2.75, 3.05) is 0 Å². The van der Waals surface area contributed by atoms with Crippen LogP contribution in [0.25, 0.3) is 0 Å². The summed E-state index contributed by atoms with van der Waals surface area (Å²) >= 11 is 0. The number of nitrogens with two attached hydrogens (primary N) is 1. The van der Waals surface area contributed by atoms with Crippen molar-refractivity contribution < 1.29 is 4.79 Å². The van der Waals surface area contributed by atoms with Crippen molar-refractivity contribution in [3.63, 3.8) is 0 Å². The fraction of sp³-hybridized carbons (Fsp3) is 0.308. The lowest BCUT2D eigenvalue weighted by Crippen LogP contribution is -2.29. The van der Waals surface area contributed by atoms with Gasteiger partial charge in [-0.2, -0.15) is 0 Å². The van der Waals surface area contributed by atoms with Gasteiger partial charge in [0.2, 0.25) is 0 Å². The third-order valence-electron chi connectivity index (χ3n) is 2.86. The molecular weight excluding hydrogens is 242 g/mol. The lowest BCUT2D eigenvalue weighted by Gasteiger charge is -2.14. The van der Waals surface area contributed by atoms with E-state index in [1.54, 1.807) is 30.7 Å². The van der Waals surface area contributed by atoms with Gasteiger partial charge in [-0.25, -0.2) is 4.98 Å². The Labute approximate surface area is 111 Å². The molecule has 6 nitrogen and oxygen atoms in total. The predicted molar refractivity (Wildman–Crippen MR) is 71.2 cm³/mol. The van der Waals surface area contributed by atoms with Gasteiger partial charge in [-0.3, -0.25) is 9.78 Å². The Balaban J connectivity index is 2.06. The highest BCUT2D eigenvalue weighted by Crippen LogP contribution is 2.12. The summed E-state index contributed by atoms with van der Waals surface area (Å²) < 4.78 is 0. The number of rotatable bonds is 5. The Morgan fingerprint density at radius 2 is 2.32 bits per heavy atom. The minimum atomic E-state index is -0.216. The zero-order chi connectivity index (χ0) is 13.7. The Kier molecular flexibility index (Phi) is 4.25. The number of carbonyl (C=O) groups excluding carboxylic acids is 1. The van der Waals surface area contributed by atoms with Crippen LogP contribution in [0.2, 0.25) is 0 Å². The maximum atomic E-state index is 12.1. The number of aromatic nitrogens is 3. The number of pyridine rings is 1. The number of aromatic amines is 1. The van der Waals surface area contributed by atoms with Crippen LogP contribution in [-0.4, -0.2) is 20.9 Å². The Morgan fingerprint density at radius 1 is 1.47 bits per heavy atom. The monoisotopic (exact) mass is 259 g/mol. The first kappa shape index (κ1) is 13.2. The van der Waals surface area contributed by atoms with Gasteiger partial charge in [-0.05, 0) is 18.1 Å². The summed E-state index contributed by atoms with van der Waals surface area (Å²) in [7, 11) is 0. The third-order valence-corrected chi connectivity index (χ3v) is 2.86. The third kappa shape index (κ3) is 3.17. The lowest BCUT2D eigenvalue weighted by atomic mass is 10.2. The fourth-order valence-corrected chi connectivity index (χ4v) is 1.74. The van der Waals surface area contributed by atoms with Crippen LogP contribution in [0.4, 0.5) is 0 Å². The Morgan fingerprint density at radius 3 is 2.84 bits per heavy atom. The van der Waals surface area contributed by atoms with E-state index in [0.29, 0.717) is 12.2 Å². The molecule has 2 aromatic rings. The molecule has 19 heavy (non-hydrogen) atoms. The van der Waals surface area contributed by atoms with Crippen LogP contribution in [0.3, 0.4) is 0 Å². The molecule has 2 heterocycles. The second kappa shape index (κ2) is 6.10. The molecule has 2 rings (SSSR count). The zero-order valence-electron chi connectivity index (χ0n) is 10.8.